The number of unbranched alkanes of at least 4 members (excludes halogenated alkanes) is 10. The van der Waals surface area contributed by atoms with Crippen molar-refractivity contribution in [1.82, 2.24) is 4.90 Å². The van der Waals surface area contributed by atoms with Gasteiger partial charge in [-0.05, 0) is 6.42 Å². The smallest absolute Gasteiger partial charge is 0.480 e. The molecule has 0 aliphatic rings. The molecule has 0 aromatic rings. The predicted molar refractivity (Wildman–Crippen MR) is 92.1 cm³/mol. The zero-order valence-corrected chi connectivity index (χ0v) is 15.6. The third kappa shape index (κ3) is 15.9. The Morgan fingerprint density at radius 3 is 1.64 bits per heavy atom. The van der Waals surface area contributed by atoms with Crippen molar-refractivity contribution in [3.63, 3.8) is 0 Å². The molecular formula is C17H33AlNO3+3. The van der Waals surface area contributed by atoms with E-state index in [0.29, 0.717) is 6.42 Å². The van der Waals surface area contributed by atoms with E-state index in [-0.39, 0.29) is 29.8 Å². The van der Waals surface area contributed by atoms with Gasteiger partial charge in [0.15, 0.2) is 0 Å². The van der Waals surface area contributed by atoms with Crippen LogP contribution in [0, 0.1) is 0 Å². The third-order valence-electron chi connectivity index (χ3n) is 3.79. The van der Waals surface area contributed by atoms with Crippen LogP contribution in [0.15, 0.2) is 0 Å². The fourth-order valence-electron chi connectivity index (χ4n) is 2.42. The van der Waals surface area contributed by atoms with Gasteiger partial charge in [0, 0.05) is 13.5 Å². The monoisotopic (exact) mass is 326 g/mol. The number of amides is 1. The van der Waals surface area contributed by atoms with Crippen LogP contribution in [0.3, 0.4) is 0 Å². The summed E-state index contributed by atoms with van der Waals surface area (Å²) in [5, 5.41) is 8.60. The van der Waals surface area contributed by atoms with Gasteiger partial charge in [0.05, 0.1) is 0 Å². The Morgan fingerprint density at radius 2 is 1.23 bits per heavy atom. The number of carbonyl (C=O) groups is 2. The summed E-state index contributed by atoms with van der Waals surface area (Å²) < 4.78 is 0. The van der Waals surface area contributed by atoms with E-state index in [1.165, 1.54) is 62.7 Å². The van der Waals surface area contributed by atoms with Crippen molar-refractivity contribution in [2.75, 3.05) is 13.6 Å². The molecule has 0 aromatic carbocycles. The van der Waals surface area contributed by atoms with Gasteiger partial charge in [0.2, 0.25) is 5.91 Å². The summed E-state index contributed by atoms with van der Waals surface area (Å²) in [5.41, 5.74) is 0. The van der Waals surface area contributed by atoms with Crippen LogP contribution in [0.2, 0.25) is 0 Å². The number of carboxylic acid groups (broad SMARTS) is 1. The van der Waals surface area contributed by atoms with Crippen LogP contribution >= 0.6 is 0 Å². The minimum atomic E-state index is -0.954. The minimum Gasteiger partial charge on any atom is -0.480 e. The summed E-state index contributed by atoms with van der Waals surface area (Å²) in [5.74, 6) is -1.02. The first-order chi connectivity index (χ1) is 10.1. The van der Waals surface area contributed by atoms with Crippen molar-refractivity contribution < 1.29 is 14.7 Å². The fraction of sp³-hybridized carbons (Fsp3) is 0.882. The normalized spacial score (nSPS) is 10.1. The average molecular weight is 326 g/mol. The van der Waals surface area contributed by atoms with E-state index in [1.54, 1.807) is 7.05 Å². The van der Waals surface area contributed by atoms with Crippen molar-refractivity contribution in [1.29, 1.82) is 0 Å². The molecule has 0 aliphatic heterocycles. The number of nitrogens with zero attached hydrogens (tertiary/aromatic N) is 1. The van der Waals surface area contributed by atoms with Gasteiger partial charge in [-0.1, -0.05) is 71.1 Å². The first-order valence-corrected chi connectivity index (χ1v) is 8.53. The van der Waals surface area contributed by atoms with Crippen LogP contribution in [0.25, 0.3) is 0 Å². The fourth-order valence-corrected chi connectivity index (χ4v) is 2.42. The van der Waals surface area contributed by atoms with Crippen molar-refractivity contribution in [3.05, 3.63) is 0 Å². The van der Waals surface area contributed by atoms with E-state index in [2.05, 4.69) is 6.92 Å². The van der Waals surface area contributed by atoms with Gasteiger partial charge in [-0.25, -0.2) is 0 Å². The number of carboxylic acids is 1. The van der Waals surface area contributed by atoms with E-state index in [9.17, 15) is 9.59 Å². The van der Waals surface area contributed by atoms with Crippen LogP contribution in [-0.4, -0.2) is 52.8 Å². The molecule has 0 saturated carbocycles. The number of rotatable bonds is 14. The van der Waals surface area contributed by atoms with E-state index in [4.69, 9.17) is 5.11 Å². The van der Waals surface area contributed by atoms with Gasteiger partial charge < -0.3 is 10.0 Å². The van der Waals surface area contributed by atoms with Gasteiger partial charge in [0.25, 0.3) is 0 Å². The Kier molecular flexibility index (Phi) is 18.2. The van der Waals surface area contributed by atoms with Crippen molar-refractivity contribution in [2.24, 2.45) is 0 Å². The number of likely N-dealkylation sites (N-methyl/N-ethyl adjacent to an activating group) is 1. The Bertz CT molecular complexity index is 285. The predicted octanol–water partition coefficient (Wildman–Crippen LogP) is 3.85. The summed E-state index contributed by atoms with van der Waals surface area (Å²) in [6.45, 7) is 2.04. The van der Waals surface area contributed by atoms with Gasteiger partial charge >= 0.3 is 23.3 Å². The van der Waals surface area contributed by atoms with E-state index in [1.807, 2.05) is 0 Å². The van der Waals surface area contributed by atoms with E-state index < -0.39 is 5.97 Å². The van der Waals surface area contributed by atoms with Gasteiger partial charge in [-0.3, -0.25) is 9.59 Å². The summed E-state index contributed by atoms with van der Waals surface area (Å²) in [6, 6.07) is 0. The molecule has 0 unspecified atom stereocenters. The SMILES string of the molecule is CCCCCCCCCCCCCC(=O)N(C)CC(=O)O.[Al+3]. The second-order valence-corrected chi connectivity index (χ2v) is 5.93. The molecule has 4 nitrogen and oxygen atoms in total. The molecule has 0 aliphatic carbocycles. The number of hydrogen-bond acceptors (Lipinski definition) is 2. The molecule has 1 N–H and O–H groups in total. The molecule has 0 bridgehead atoms. The Balaban J connectivity index is 0. The van der Waals surface area contributed by atoms with Crippen molar-refractivity contribution >= 4 is 29.2 Å². The van der Waals surface area contributed by atoms with Gasteiger partial charge in [0.1, 0.15) is 6.54 Å². The van der Waals surface area contributed by atoms with E-state index in [0.717, 1.165) is 12.8 Å². The summed E-state index contributed by atoms with van der Waals surface area (Å²) in [7, 11) is 1.55. The molecule has 0 spiro atoms. The topological polar surface area (TPSA) is 57.6 Å². The average Bonchev–Trinajstić information content (AvgIpc) is 2.43. The van der Waals surface area contributed by atoms with Crippen LogP contribution < -0.4 is 0 Å². The van der Waals surface area contributed by atoms with Gasteiger partial charge in [-0.2, -0.15) is 0 Å². The molecular weight excluding hydrogens is 293 g/mol. The molecule has 0 rings (SSSR count). The maximum Gasteiger partial charge on any atom is 3.00 e. The number of aliphatic carboxylic acids is 1. The summed E-state index contributed by atoms with van der Waals surface area (Å²) in [4.78, 5) is 23.4. The summed E-state index contributed by atoms with van der Waals surface area (Å²) in [6.07, 6.45) is 14.3. The quantitative estimate of drug-likeness (QED) is 0.390. The van der Waals surface area contributed by atoms with Crippen LogP contribution in [0.5, 0.6) is 0 Å². The maximum absolute atomic E-state index is 11.6. The van der Waals surface area contributed by atoms with Crippen LogP contribution in [0.4, 0.5) is 0 Å². The van der Waals surface area contributed by atoms with Crippen LogP contribution in [-0.2, 0) is 9.59 Å². The summed E-state index contributed by atoms with van der Waals surface area (Å²) >= 11 is 0. The molecule has 0 radical (unpaired) electrons. The second-order valence-electron chi connectivity index (χ2n) is 5.93. The molecule has 0 fully saturated rings. The zero-order chi connectivity index (χ0) is 15.9. The minimum absolute atomic E-state index is 0. The first-order valence-electron chi connectivity index (χ1n) is 8.53. The Labute approximate surface area is 146 Å². The Morgan fingerprint density at radius 1 is 0.818 bits per heavy atom. The number of carbonyl (C=O) groups excluding carboxylic acids is 1. The molecule has 0 heterocycles. The molecule has 0 atom stereocenters. The maximum atomic E-state index is 11.6. The molecule has 22 heavy (non-hydrogen) atoms. The van der Waals surface area contributed by atoms with Crippen molar-refractivity contribution in [3.8, 4) is 0 Å². The molecule has 0 saturated heterocycles. The molecule has 5 heteroatoms. The first kappa shape index (κ1) is 23.7. The third-order valence-corrected chi connectivity index (χ3v) is 3.79. The second kappa shape index (κ2) is 16.8. The molecule has 1 amide bonds. The molecule has 0 aromatic heterocycles. The van der Waals surface area contributed by atoms with Gasteiger partial charge in [-0.15, -0.1) is 0 Å². The standard InChI is InChI=1S/C17H33NO3.Al/c1-3-4-5-6-7-8-9-10-11-12-13-14-16(19)18(2)15-17(20)21;/h3-15H2,1-2H3,(H,20,21);/q;+3. The molecule has 124 valence electrons. The number of hydrogen-bond donors (Lipinski definition) is 1. The largest absolute Gasteiger partial charge is 3.00 e. The zero-order valence-electron chi connectivity index (χ0n) is 14.5. The van der Waals surface area contributed by atoms with E-state index >= 15 is 0 Å². The Hall–Kier alpha value is -0.528. The van der Waals surface area contributed by atoms with Crippen LogP contribution in [0.1, 0.15) is 84.0 Å². The van der Waals surface area contributed by atoms with Crippen molar-refractivity contribution in [2.45, 2.75) is 84.0 Å².